The molecule has 164 valence electrons. The van der Waals surface area contributed by atoms with Crippen LogP contribution in [0.3, 0.4) is 0 Å². The van der Waals surface area contributed by atoms with E-state index in [1.165, 1.54) is 10.8 Å². The van der Waals surface area contributed by atoms with Crippen LogP contribution in [0.15, 0.2) is 115 Å². The SMILES string of the molecule is O=C1C(=Cc2ccc3c(ccc4c3c3ccccc3n4-c3ccccc3)c2)C(=O)c2ccccc21. The molecule has 1 aromatic heterocycles. The lowest BCUT2D eigenvalue weighted by Crippen LogP contribution is -2.00. The molecule has 0 N–H and O–H groups in total. The summed E-state index contributed by atoms with van der Waals surface area (Å²) in [5.41, 5.74) is 5.47. The van der Waals surface area contributed by atoms with Crippen molar-refractivity contribution in [2.75, 3.05) is 0 Å². The maximum Gasteiger partial charge on any atom is 0.197 e. The van der Waals surface area contributed by atoms with Gasteiger partial charge in [0.05, 0.1) is 16.6 Å². The Kier molecular flexibility index (Phi) is 4.15. The molecule has 0 aliphatic heterocycles. The minimum atomic E-state index is -0.202. The van der Waals surface area contributed by atoms with Crippen molar-refractivity contribution in [1.29, 1.82) is 0 Å². The number of carbonyl (C=O) groups is 2. The molecule has 7 rings (SSSR count). The van der Waals surface area contributed by atoms with Gasteiger partial charge < -0.3 is 4.57 Å². The second kappa shape index (κ2) is 7.37. The van der Waals surface area contributed by atoms with Gasteiger partial charge in [-0.15, -0.1) is 0 Å². The van der Waals surface area contributed by atoms with E-state index >= 15 is 0 Å². The number of allylic oxidation sites excluding steroid dienone is 1. The average Bonchev–Trinajstić information content (AvgIpc) is 3.37. The monoisotopic (exact) mass is 449 g/mol. The van der Waals surface area contributed by atoms with Gasteiger partial charge in [0.15, 0.2) is 11.6 Å². The second-order valence-corrected chi connectivity index (χ2v) is 8.89. The Morgan fingerprint density at radius 3 is 2.03 bits per heavy atom. The molecule has 6 aromatic rings. The minimum Gasteiger partial charge on any atom is -0.309 e. The number of para-hydroxylation sites is 2. The predicted molar refractivity (Wildman–Crippen MR) is 141 cm³/mol. The number of fused-ring (bicyclic) bond motifs is 6. The largest absolute Gasteiger partial charge is 0.309 e. The Hall–Kier alpha value is -4.76. The number of ketones is 2. The molecule has 1 aliphatic carbocycles. The van der Waals surface area contributed by atoms with Gasteiger partial charge in [0.25, 0.3) is 0 Å². The maximum atomic E-state index is 12.8. The van der Waals surface area contributed by atoms with Crippen molar-refractivity contribution in [1.82, 2.24) is 4.57 Å². The smallest absolute Gasteiger partial charge is 0.197 e. The summed E-state index contributed by atoms with van der Waals surface area (Å²) in [6.45, 7) is 0. The summed E-state index contributed by atoms with van der Waals surface area (Å²) in [6, 6.07) is 36.3. The van der Waals surface area contributed by atoms with Gasteiger partial charge >= 0.3 is 0 Å². The Morgan fingerprint density at radius 1 is 0.571 bits per heavy atom. The standard InChI is InChI=1S/C32H19NO2/c34-31-24-10-4-5-11-25(24)32(35)27(31)19-20-14-16-23-21(18-20)15-17-29-30(23)26-12-6-7-13-28(26)33(29)22-8-2-1-3-9-22/h1-19H. The van der Waals surface area contributed by atoms with Crippen molar-refractivity contribution >= 4 is 50.2 Å². The number of benzene rings is 5. The summed E-state index contributed by atoms with van der Waals surface area (Å²) in [5.74, 6) is -0.404. The third kappa shape index (κ3) is 2.85. The van der Waals surface area contributed by atoms with Gasteiger partial charge in [-0.2, -0.15) is 0 Å². The van der Waals surface area contributed by atoms with Gasteiger partial charge in [0.1, 0.15) is 0 Å². The van der Waals surface area contributed by atoms with Crippen molar-refractivity contribution in [3.05, 3.63) is 131 Å². The predicted octanol–water partition coefficient (Wildman–Crippen LogP) is 7.40. The lowest BCUT2D eigenvalue weighted by molar-refractivity contribution is 0.0990. The van der Waals surface area contributed by atoms with Crippen molar-refractivity contribution < 1.29 is 9.59 Å². The van der Waals surface area contributed by atoms with E-state index in [0.717, 1.165) is 33.1 Å². The van der Waals surface area contributed by atoms with Crippen molar-refractivity contribution in [2.45, 2.75) is 0 Å². The van der Waals surface area contributed by atoms with Crippen LogP contribution in [0.1, 0.15) is 26.3 Å². The molecule has 0 spiro atoms. The highest BCUT2D eigenvalue weighted by molar-refractivity contribution is 6.41. The van der Waals surface area contributed by atoms with E-state index < -0.39 is 0 Å². The molecule has 0 saturated heterocycles. The molecule has 0 fully saturated rings. The zero-order valence-electron chi connectivity index (χ0n) is 18.7. The molecule has 5 aromatic carbocycles. The van der Waals surface area contributed by atoms with E-state index in [4.69, 9.17) is 0 Å². The lowest BCUT2D eigenvalue weighted by atomic mass is 10.00. The molecule has 0 radical (unpaired) electrons. The summed E-state index contributed by atoms with van der Waals surface area (Å²) in [7, 11) is 0. The van der Waals surface area contributed by atoms with Crippen LogP contribution in [0.25, 0.3) is 44.3 Å². The third-order valence-corrected chi connectivity index (χ3v) is 6.91. The van der Waals surface area contributed by atoms with Gasteiger partial charge in [-0.1, -0.05) is 78.9 Å². The normalized spacial score (nSPS) is 13.2. The van der Waals surface area contributed by atoms with E-state index in [9.17, 15) is 9.59 Å². The molecule has 0 saturated carbocycles. The van der Waals surface area contributed by atoms with Gasteiger partial charge in [-0.25, -0.2) is 0 Å². The van der Waals surface area contributed by atoms with E-state index in [0.29, 0.717) is 11.1 Å². The number of hydrogen-bond donors (Lipinski definition) is 0. The van der Waals surface area contributed by atoms with Crippen molar-refractivity contribution in [3.8, 4) is 5.69 Å². The zero-order chi connectivity index (χ0) is 23.5. The summed E-state index contributed by atoms with van der Waals surface area (Å²) in [6.07, 6.45) is 1.72. The van der Waals surface area contributed by atoms with Crippen LogP contribution in [-0.2, 0) is 0 Å². The number of hydrogen-bond acceptors (Lipinski definition) is 2. The first kappa shape index (κ1) is 19.7. The molecule has 0 bridgehead atoms. The van der Waals surface area contributed by atoms with Crippen LogP contribution in [0.2, 0.25) is 0 Å². The van der Waals surface area contributed by atoms with E-state index in [-0.39, 0.29) is 17.1 Å². The highest BCUT2D eigenvalue weighted by atomic mass is 16.2. The number of carbonyl (C=O) groups excluding carboxylic acids is 2. The highest BCUT2D eigenvalue weighted by Crippen LogP contribution is 2.37. The first-order valence-electron chi connectivity index (χ1n) is 11.6. The van der Waals surface area contributed by atoms with Gasteiger partial charge in [0.2, 0.25) is 0 Å². The number of aromatic nitrogens is 1. The van der Waals surface area contributed by atoms with E-state index in [1.54, 1.807) is 30.3 Å². The number of Topliss-reactive ketones (excluding diaryl/α,β-unsaturated/α-hetero) is 2. The number of nitrogens with zero attached hydrogens (tertiary/aromatic N) is 1. The zero-order valence-corrected chi connectivity index (χ0v) is 18.7. The topological polar surface area (TPSA) is 39.1 Å². The highest BCUT2D eigenvalue weighted by Gasteiger charge is 2.32. The summed E-state index contributed by atoms with van der Waals surface area (Å²) < 4.78 is 2.30. The van der Waals surface area contributed by atoms with Crippen LogP contribution in [0.4, 0.5) is 0 Å². The Bertz CT molecular complexity index is 1840. The van der Waals surface area contributed by atoms with Crippen LogP contribution in [0.5, 0.6) is 0 Å². The Balaban J connectivity index is 1.43. The van der Waals surface area contributed by atoms with Gasteiger partial charge in [0, 0.05) is 27.6 Å². The third-order valence-electron chi connectivity index (χ3n) is 6.91. The van der Waals surface area contributed by atoms with E-state index in [2.05, 4.69) is 77.4 Å². The average molecular weight is 450 g/mol. The summed E-state index contributed by atoms with van der Waals surface area (Å²) >= 11 is 0. The molecule has 0 atom stereocenters. The van der Waals surface area contributed by atoms with Crippen LogP contribution in [-0.4, -0.2) is 16.1 Å². The molecule has 35 heavy (non-hydrogen) atoms. The first-order valence-corrected chi connectivity index (χ1v) is 11.6. The fourth-order valence-electron chi connectivity index (χ4n) is 5.33. The quantitative estimate of drug-likeness (QED) is 0.204. The van der Waals surface area contributed by atoms with E-state index in [1.807, 2.05) is 12.1 Å². The van der Waals surface area contributed by atoms with Gasteiger partial charge in [-0.3, -0.25) is 9.59 Å². The summed E-state index contributed by atoms with van der Waals surface area (Å²) in [5, 5.41) is 4.60. The molecular weight excluding hydrogens is 430 g/mol. The fraction of sp³-hybridized carbons (Fsp3) is 0. The molecule has 3 nitrogen and oxygen atoms in total. The Morgan fingerprint density at radius 2 is 1.26 bits per heavy atom. The number of rotatable bonds is 2. The van der Waals surface area contributed by atoms with Crippen molar-refractivity contribution in [2.24, 2.45) is 0 Å². The maximum absolute atomic E-state index is 12.8. The van der Waals surface area contributed by atoms with Crippen LogP contribution < -0.4 is 0 Å². The summed E-state index contributed by atoms with van der Waals surface area (Å²) in [4.78, 5) is 25.7. The molecular formula is C32H19NO2. The molecule has 0 amide bonds. The second-order valence-electron chi connectivity index (χ2n) is 8.89. The fourth-order valence-corrected chi connectivity index (χ4v) is 5.33. The van der Waals surface area contributed by atoms with Crippen molar-refractivity contribution in [3.63, 3.8) is 0 Å². The molecule has 0 unspecified atom stereocenters. The molecule has 3 heteroatoms. The Labute approximate surface area is 201 Å². The van der Waals surface area contributed by atoms with Crippen LogP contribution in [0, 0.1) is 0 Å². The molecule has 1 heterocycles. The minimum absolute atomic E-state index is 0.202. The van der Waals surface area contributed by atoms with Gasteiger partial charge in [-0.05, 0) is 52.7 Å². The molecule has 1 aliphatic rings. The first-order chi connectivity index (χ1) is 17.2. The lowest BCUT2D eigenvalue weighted by Gasteiger charge is -2.08. The van der Waals surface area contributed by atoms with Crippen LogP contribution >= 0.6 is 0 Å².